The molecule has 0 bridgehead atoms. The Balaban J connectivity index is 1.44. The number of thioether (sulfide) groups is 1. The zero-order valence-corrected chi connectivity index (χ0v) is 19.3. The molecule has 2 aromatic heterocycles. The third kappa shape index (κ3) is 5.08. The summed E-state index contributed by atoms with van der Waals surface area (Å²) in [4.78, 5) is 4.72. The zero-order chi connectivity index (χ0) is 21.8. The molecule has 31 heavy (non-hydrogen) atoms. The molecule has 0 spiro atoms. The van der Waals surface area contributed by atoms with E-state index in [0.29, 0.717) is 23.1 Å². The van der Waals surface area contributed by atoms with Crippen LogP contribution in [-0.2, 0) is 12.3 Å². The fraction of sp³-hybridized carbons (Fsp3) is 0.227. The smallest absolute Gasteiger partial charge is 0.191 e. The van der Waals surface area contributed by atoms with Crippen molar-refractivity contribution in [2.45, 2.75) is 37.4 Å². The predicted octanol–water partition coefficient (Wildman–Crippen LogP) is 6.65. The van der Waals surface area contributed by atoms with Crippen molar-refractivity contribution in [3.8, 4) is 16.3 Å². The van der Waals surface area contributed by atoms with Gasteiger partial charge >= 0.3 is 0 Å². The van der Waals surface area contributed by atoms with Crippen LogP contribution < -0.4 is 4.74 Å². The standard InChI is InChI=1S/C22H20ClFN4OS2/c1-3-28-20(14(2)29-17-10-8-15(24)9-11-17)26-27-22(28)31-13-16-12-30-21(25-16)18-6-4-5-7-19(18)23/h4-12,14H,3,13H2,1-2H3. The maximum Gasteiger partial charge on any atom is 0.191 e. The van der Waals surface area contributed by atoms with Crippen molar-refractivity contribution in [2.75, 3.05) is 0 Å². The molecule has 5 nitrogen and oxygen atoms in total. The molecular formula is C22H20ClFN4OS2. The Bertz CT molecular complexity index is 1160. The highest BCUT2D eigenvalue weighted by Crippen LogP contribution is 2.32. The number of nitrogens with zero attached hydrogens (tertiary/aromatic N) is 4. The maximum absolute atomic E-state index is 13.1. The number of aromatic nitrogens is 4. The molecule has 0 saturated carbocycles. The van der Waals surface area contributed by atoms with Crippen LogP contribution in [0.5, 0.6) is 5.75 Å². The Morgan fingerprint density at radius 2 is 1.94 bits per heavy atom. The summed E-state index contributed by atoms with van der Waals surface area (Å²) >= 11 is 9.44. The molecule has 0 aliphatic rings. The van der Waals surface area contributed by atoms with Crippen LogP contribution in [0.15, 0.2) is 59.1 Å². The summed E-state index contributed by atoms with van der Waals surface area (Å²) in [5, 5.41) is 13.1. The van der Waals surface area contributed by atoms with E-state index in [1.54, 1.807) is 35.2 Å². The largest absolute Gasteiger partial charge is 0.483 e. The summed E-state index contributed by atoms with van der Waals surface area (Å²) in [6.45, 7) is 4.66. The van der Waals surface area contributed by atoms with Gasteiger partial charge in [0.2, 0.25) is 0 Å². The number of ether oxygens (including phenoxy) is 1. The van der Waals surface area contributed by atoms with Crippen molar-refractivity contribution in [3.05, 3.63) is 76.3 Å². The summed E-state index contributed by atoms with van der Waals surface area (Å²) < 4.78 is 21.1. The summed E-state index contributed by atoms with van der Waals surface area (Å²) in [6.07, 6.45) is -0.321. The number of halogens is 2. The van der Waals surface area contributed by atoms with Gasteiger partial charge in [0.15, 0.2) is 17.1 Å². The Hall–Kier alpha value is -2.42. The fourth-order valence-electron chi connectivity index (χ4n) is 3.04. The van der Waals surface area contributed by atoms with E-state index in [-0.39, 0.29) is 11.9 Å². The van der Waals surface area contributed by atoms with Gasteiger partial charge < -0.3 is 9.30 Å². The lowest BCUT2D eigenvalue weighted by Gasteiger charge is -2.15. The van der Waals surface area contributed by atoms with E-state index in [4.69, 9.17) is 21.3 Å². The van der Waals surface area contributed by atoms with Crippen LogP contribution in [0.2, 0.25) is 5.02 Å². The second-order valence-corrected chi connectivity index (χ2v) is 8.92. The third-order valence-electron chi connectivity index (χ3n) is 4.56. The highest BCUT2D eigenvalue weighted by Gasteiger charge is 2.19. The molecule has 1 unspecified atom stereocenters. The van der Waals surface area contributed by atoms with E-state index in [1.807, 2.05) is 48.1 Å². The van der Waals surface area contributed by atoms with Crippen molar-refractivity contribution < 1.29 is 9.13 Å². The third-order valence-corrected chi connectivity index (χ3v) is 6.81. The van der Waals surface area contributed by atoms with Gasteiger partial charge in [0, 0.05) is 23.2 Å². The number of hydrogen-bond donors (Lipinski definition) is 0. The molecule has 0 saturated heterocycles. The molecular weight excluding hydrogens is 455 g/mol. The summed E-state index contributed by atoms with van der Waals surface area (Å²) in [7, 11) is 0. The minimum atomic E-state index is -0.321. The first kappa shape index (κ1) is 21.8. The Morgan fingerprint density at radius 1 is 1.16 bits per heavy atom. The van der Waals surface area contributed by atoms with Crippen molar-refractivity contribution in [3.63, 3.8) is 0 Å². The lowest BCUT2D eigenvalue weighted by atomic mass is 10.2. The second-order valence-electron chi connectivity index (χ2n) is 6.71. The predicted molar refractivity (Wildman–Crippen MR) is 123 cm³/mol. The van der Waals surface area contributed by atoms with Crippen molar-refractivity contribution in [2.24, 2.45) is 0 Å². The van der Waals surface area contributed by atoms with E-state index < -0.39 is 0 Å². The highest BCUT2D eigenvalue weighted by atomic mass is 35.5. The molecule has 0 aliphatic carbocycles. The average molecular weight is 475 g/mol. The minimum absolute atomic E-state index is 0.296. The monoisotopic (exact) mass is 474 g/mol. The normalized spacial score (nSPS) is 12.1. The van der Waals surface area contributed by atoms with Gasteiger partial charge in [-0.3, -0.25) is 0 Å². The molecule has 9 heteroatoms. The van der Waals surface area contributed by atoms with E-state index in [1.165, 1.54) is 12.1 Å². The minimum Gasteiger partial charge on any atom is -0.483 e. The molecule has 0 fully saturated rings. The molecule has 4 aromatic rings. The van der Waals surface area contributed by atoms with E-state index in [2.05, 4.69) is 10.2 Å². The fourth-order valence-corrected chi connectivity index (χ4v) is 5.19. The van der Waals surface area contributed by atoms with Crippen LogP contribution in [0.25, 0.3) is 10.6 Å². The van der Waals surface area contributed by atoms with E-state index in [9.17, 15) is 4.39 Å². The highest BCUT2D eigenvalue weighted by molar-refractivity contribution is 7.98. The molecule has 0 radical (unpaired) electrons. The molecule has 4 rings (SSSR count). The van der Waals surface area contributed by atoms with E-state index >= 15 is 0 Å². The number of rotatable bonds is 8. The van der Waals surface area contributed by atoms with Crippen molar-refractivity contribution >= 4 is 34.7 Å². The van der Waals surface area contributed by atoms with E-state index in [0.717, 1.165) is 27.2 Å². The molecule has 0 amide bonds. The summed E-state index contributed by atoms with van der Waals surface area (Å²) in [5.41, 5.74) is 1.91. The topological polar surface area (TPSA) is 52.8 Å². The Morgan fingerprint density at radius 3 is 2.68 bits per heavy atom. The molecule has 0 N–H and O–H groups in total. The quantitative estimate of drug-likeness (QED) is 0.268. The molecule has 2 aromatic carbocycles. The van der Waals surface area contributed by atoms with Crippen LogP contribution >= 0.6 is 34.7 Å². The first-order valence-corrected chi connectivity index (χ1v) is 12.0. The van der Waals surface area contributed by atoms with Gasteiger partial charge in [-0.25, -0.2) is 9.37 Å². The van der Waals surface area contributed by atoms with Crippen LogP contribution in [0.1, 0.15) is 31.5 Å². The van der Waals surface area contributed by atoms with Crippen molar-refractivity contribution in [1.29, 1.82) is 0 Å². The lowest BCUT2D eigenvalue weighted by Crippen LogP contribution is -2.12. The van der Waals surface area contributed by atoms with Crippen LogP contribution in [-0.4, -0.2) is 19.7 Å². The Labute approximate surface area is 193 Å². The molecule has 0 aliphatic heterocycles. The van der Waals surface area contributed by atoms with Gasteiger partial charge in [0.05, 0.1) is 10.7 Å². The van der Waals surface area contributed by atoms with Crippen LogP contribution in [0.4, 0.5) is 4.39 Å². The lowest BCUT2D eigenvalue weighted by molar-refractivity contribution is 0.209. The molecule has 1 atom stereocenters. The van der Waals surface area contributed by atoms with Crippen molar-refractivity contribution in [1.82, 2.24) is 19.7 Å². The number of thiazole rings is 1. The van der Waals surface area contributed by atoms with Gasteiger partial charge in [-0.05, 0) is 44.2 Å². The second kappa shape index (κ2) is 9.80. The van der Waals surface area contributed by atoms with Gasteiger partial charge in [0.25, 0.3) is 0 Å². The van der Waals surface area contributed by atoms with Gasteiger partial charge in [-0.2, -0.15) is 0 Å². The molecule has 2 heterocycles. The van der Waals surface area contributed by atoms with Crippen LogP contribution in [0, 0.1) is 5.82 Å². The van der Waals surface area contributed by atoms with Gasteiger partial charge in [0.1, 0.15) is 16.6 Å². The Kier molecular flexibility index (Phi) is 6.89. The summed E-state index contributed by atoms with van der Waals surface area (Å²) in [6, 6.07) is 13.7. The maximum atomic E-state index is 13.1. The van der Waals surface area contributed by atoms with Crippen LogP contribution in [0.3, 0.4) is 0 Å². The number of hydrogen-bond acceptors (Lipinski definition) is 6. The van der Waals surface area contributed by atoms with Gasteiger partial charge in [-0.15, -0.1) is 21.5 Å². The first-order valence-electron chi connectivity index (χ1n) is 9.72. The zero-order valence-electron chi connectivity index (χ0n) is 17.0. The SMILES string of the molecule is CCn1c(SCc2csc(-c3ccccc3Cl)n2)nnc1C(C)Oc1ccc(F)cc1. The average Bonchev–Trinajstić information content (AvgIpc) is 3.41. The summed E-state index contributed by atoms with van der Waals surface area (Å²) in [5.74, 6) is 1.69. The first-order chi connectivity index (χ1) is 15.0. The van der Waals surface area contributed by atoms with Gasteiger partial charge in [-0.1, -0.05) is 41.6 Å². The number of benzene rings is 2. The molecule has 160 valence electrons.